The number of nitrogens with zero attached hydrogens (tertiary/aromatic N) is 1. The fraction of sp³-hybridized carbons (Fsp3) is 0.632. The van der Waals surface area contributed by atoms with Crippen LogP contribution < -0.4 is 5.32 Å². The summed E-state index contributed by atoms with van der Waals surface area (Å²) in [7, 11) is 0. The van der Waals surface area contributed by atoms with Gasteiger partial charge in [-0.15, -0.1) is 0 Å². The average molecular weight is 316 g/mol. The van der Waals surface area contributed by atoms with Crippen LogP contribution in [-0.4, -0.2) is 43.7 Å². The first-order valence-electron chi connectivity index (χ1n) is 8.91. The number of ether oxygens (including phenoxy) is 1. The van der Waals surface area contributed by atoms with Crippen molar-refractivity contribution in [2.75, 3.05) is 32.8 Å². The second kappa shape index (κ2) is 8.46. The molecule has 1 N–H and O–H groups in total. The zero-order valence-corrected chi connectivity index (χ0v) is 13.9. The van der Waals surface area contributed by atoms with E-state index in [-0.39, 0.29) is 5.91 Å². The maximum absolute atomic E-state index is 12.7. The van der Waals surface area contributed by atoms with Crippen LogP contribution in [-0.2, 0) is 16.1 Å². The van der Waals surface area contributed by atoms with Gasteiger partial charge in [0.1, 0.15) is 0 Å². The molecule has 0 bridgehead atoms. The molecule has 2 fully saturated rings. The lowest BCUT2D eigenvalue weighted by Crippen LogP contribution is -2.41. The standard InChI is InChI=1S/C19H28N2O2/c22-19(13-20-12-16-6-7-16)21(14-17-4-2-1-3-5-17)15-18-8-10-23-11-9-18/h1-5,16,18,20H,6-15H2. The van der Waals surface area contributed by atoms with Gasteiger partial charge in [-0.2, -0.15) is 0 Å². The molecule has 126 valence electrons. The molecule has 1 aromatic carbocycles. The fourth-order valence-electron chi connectivity index (χ4n) is 3.12. The molecular weight excluding hydrogens is 288 g/mol. The van der Waals surface area contributed by atoms with Crippen molar-refractivity contribution in [3.8, 4) is 0 Å². The number of nitrogens with one attached hydrogen (secondary N) is 1. The molecule has 0 atom stereocenters. The molecule has 0 spiro atoms. The molecule has 0 unspecified atom stereocenters. The maximum Gasteiger partial charge on any atom is 0.236 e. The molecule has 0 aromatic heterocycles. The van der Waals surface area contributed by atoms with Crippen molar-refractivity contribution >= 4 is 5.91 Å². The number of hydrogen-bond acceptors (Lipinski definition) is 3. The van der Waals surface area contributed by atoms with Crippen molar-refractivity contribution in [1.82, 2.24) is 10.2 Å². The van der Waals surface area contributed by atoms with Crippen LogP contribution in [0.5, 0.6) is 0 Å². The number of carbonyl (C=O) groups excluding carboxylic acids is 1. The van der Waals surface area contributed by atoms with Crippen molar-refractivity contribution in [3.05, 3.63) is 35.9 Å². The van der Waals surface area contributed by atoms with Gasteiger partial charge in [0.25, 0.3) is 0 Å². The van der Waals surface area contributed by atoms with Gasteiger partial charge < -0.3 is 15.0 Å². The molecule has 1 aliphatic heterocycles. The maximum atomic E-state index is 12.7. The van der Waals surface area contributed by atoms with Gasteiger partial charge in [-0.25, -0.2) is 0 Å². The van der Waals surface area contributed by atoms with Crippen LogP contribution in [0.15, 0.2) is 30.3 Å². The van der Waals surface area contributed by atoms with E-state index in [1.807, 2.05) is 23.1 Å². The monoisotopic (exact) mass is 316 g/mol. The zero-order valence-electron chi connectivity index (χ0n) is 13.9. The molecule has 4 heteroatoms. The van der Waals surface area contributed by atoms with Gasteiger partial charge in [-0.3, -0.25) is 4.79 Å². The zero-order chi connectivity index (χ0) is 15.9. The largest absolute Gasteiger partial charge is 0.381 e. The van der Waals surface area contributed by atoms with Crippen LogP contribution in [0.2, 0.25) is 0 Å². The van der Waals surface area contributed by atoms with Crippen molar-refractivity contribution in [3.63, 3.8) is 0 Å². The van der Waals surface area contributed by atoms with E-state index in [0.29, 0.717) is 19.0 Å². The van der Waals surface area contributed by atoms with E-state index in [9.17, 15) is 4.79 Å². The number of benzene rings is 1. The Morgan fingerprint density at radius 3 is 2.52 bits per heavy atom. The van der Waals surface area contributed by atoms with E-state index in [4.69, 9.17) is 4.74 Å². The van der Waals surface area contributed by atoms with Gasteiger partial charge in [-0.1, -0.05) is 30.3 Å². The summed E-state index contributed by atoms with van der Waals surface area (Å²) in [5.41, 5.74) is 1.20. The highest BCUT2D eigenvalue weighted by molar-refractivity contribution is 5.78. The minimum absolute atomic E-state index is 0.223. The number of amides is 1. The summed E-state index contributed by atoms with van der Waals surface area (Å²) < 4.78 is 5.44. The Kier molecular flexibility index (Phi) is 6.06. The molecule has 1 aromatic rings. The summed E-state index contributed by atoms with van der Waals surface area (Å²) in [6.07, 6.45) is 4.76. The predicted molar refractivity (Wildman–Crippen MR) is 91.0 cm³/mol. The summed E-state index contributed by atoms with van der Waals surface area (Å²) in [5.74, 6) is 1.60. The SMILES string of the molecule is O=C(CNCC1CC1)N(Cc1ccccc1)CC1CCOCC1. The van der Waals surface area contributed by atoms with E-state index >= 15 is 0 Å². The Bertz CT molecular complexity index is 481. The second-order valence-electron chi connectivity index (χ2n) is 6.89. The average Bonchev–Trinajstić information content (AvgIpc) is 3.40. The van der Waals surface area contributed by atoms with Crippen LogP contribution in [0, 0.1) is 11.8 Å². The van der Waals surface area contributed by atoms with Crippen LogP contribution in [0.3, 0.4) is 0 Å². The molecule has 1 amide bonds. The molecule has 4 nitrogen and oxygen atoms in total. The van der Waals surface area contributed by atoms with E-state index in [1.165, 1.54) is 18.4 Å². The number of hydrogen-bond donors (Lipinski definition) is 1. The molecule has 23 heavy (non-hydrogen) atoms. The Hall–Kier alpha value is -1.39. The Balaban J connectivity index is 1.55. The van der Waals surface area contributed by atoms with E-state index < -0.39 is 0 Å². The van der Waals surface area contributed by atoms with Crippen LogP contribution in [0.25, 0.3) is 0 Å². The Morgan fingerprint density at radius 1 is 1.09 bits per heavy atom. The Morgan fingerprint density at radius 2 is 1.83 bits per heavy atom. The van der Waals surface area contributed by atoms with Crippen molar-refractivity contribution in [1.29, 1.82) is 0 Å². The third kappa shape index (κ3) is 5.63. The first-order chi connectivity index (χ1) is 11.3. The first-order valence-corrected chi connectivity index (χ1v) is 8.91. The minimum Gasteiger partial charge on any atom is -0.381 e. The van der Waals surface area contributed by atoms with Gasteiger partial charge in [0.05, 0.1) is 6.54 Å². The molecule has 3 rings (SSSR count). The predicted octanol–water partition coefficient (Wildman–Crippen LogP) is 2.44. The Labute approximate surface area is 139 Å². The third-order valence-electron chi connectivity index (χ3n) is 4.79. The third-order valence-corrected chi connectivity index (χ3v) is 4.79. The van der Waals surface area contributed by atoms with Crippen molar-refractivity contribution in [2.24, 2.45) is 11.8 Å². The van der Waals surface area contributed by atoms with Crippen molar-refractivity contribution < 1.29 is 9.53 Å². The molecular formula is C19H28N2O2. The molecule has 1 heterocycles. The first kappa shape index (κ1) is 16.5. The van der Waals surface area contributed by atoms with Gasteiger partial charge in [0, 0.05) is 26.3 Å². The van der Waals surface area contributed by atoms with Gasteiger partial charge in [0.2, 0.25) is 5.91 Å². The van der Waals surface area contributed by atoms with E-state index in [2.05, 4.69) is 17.4 Å². The normalized spacial score (nSPS) is 18.8. The number of carbonyl (C=O) groups is 1. The topological polar surface area (TPSA) is 41.6 Å². The van der Waals surface area contributed by atoms with E-state index in [0.717, 1.165) is 45.1 Å². The molecule has 2 aliphatic rings. The van der Waals surface area contributed by atoms with Gasteiger partial charge in [0.15, 0.2) is 0 Å². The van der Waals surface area contributed by atoms with Crippen LogP contribution in [0.4, 0.5) is 0 Å². The highest BCUT2D eigenvalue weighted by atomic mass is 16.5. The van der Waals surface area contributed by atoms with Gasteiger partial charge >= 0.3 is 0 Å². The van der Waals surface area contributed by atoms with Crippen LogP contribution in [0.1, 0.15) is 31.2 Å². The summed E-state index contributed by atoms with van der Waals surface area (Å²) in [5, 5.41) is 3.33. The minimum atomic E-state index is 0.223. The molecule has 0 radical (unpaired) electrons. The highest BCUT2D eigenvalue weighted by Gasteiger charge is 2.23. The lowest BCUT2D eigenvalue weighted by molar-refractivity contribution is -0.132. The van der Waals surface area contributed by atoms with E-state index in [1.54, 1.807) is 0 Å². The molecule has 1 saturated heterocycles. The summed E-state index contributed by atoms with van der Waals surface area (Å²) in [6.45, 7) is 4.68. The summed E-state index contributed by atoms with van der Waals surface area (Å²) in [4.78, 5) is 14.7. The molecule has 1 saturated carbocycles. The highest BCUT2D eigenvalue weighted by Crippen LogP contribution is 2.27. The van der Waals surface area contributed by atoms with Gasteiger partial charge in [-0.05, 0) is 49.6 Å². The quantitative estimate of drug-likeness (QED) is 0.801. The lowest BCUT2D eigenvalue weighted by Gasteiger charge is -2.30. The smallest absolute Gasteiger partial charge is 0.236 e. The fourth-order valence-corrected chi connectivity index (χ4v) is 3.12. The molecule has 1 aliphatic carbocycles. The second-order valence-corrected chi connectivity index (χ2v) is 6.89. The lowest BCUT2D eigenvalue weighted by atomic mass is 9.99. The van der Waals surface area contributed by atoms with Crippen LogP contribution >= 0.6 is 0 Å². The number of rotatable bonds is 8. The summed E-state index contributed by atoms with van der Waals surface area (Å²) >= 11 is 0. The summed E-state index contributed by atoms with van der Waals surface area (Å²) in [6, 6.07) is 10.3. The van der Waals surface area contributed by atoms with Crippen molar-refractivity contribution in [2.45, 2.75) is 32.2 Å².